The van der Waals surface area contributed by atoms with Gasteiger partial charge in [-0.25, -0.2) is 4.79 Å². The highest BCUT2D eigenvalue weighted by Crippen LogP contribution is 2.09. The topological polar surface area (TPSA) is 81.8 Å². The molecular weight excluding hydrogens is 174 g/mol. The van der Waals surface area contributed by atoms with Crippen LogP contribution in [0.1, 0.15) is 12.8 Å². The van der Waals surface area contributed by atoms with Crippen LogP contribution in [0.2, 0.25) is 0 Å². The van der Waals surface area contributed by atoms with Gasteiger partial charge in [0.15, 0.2) is 6.10 Å². The number of hydrogen-bond donors (Lipinski definition) is 2. The minimum absolute atomic E-state index is 0.195. The summed E-state index contributed by atoms with van der Waals surface area (Å²) >= 11 is 0. The summed E-state index contributed by atoms with van der Waals surface area (Å²) in [6, 6.07) is 0. The highest BCUT2D eigenvalue weighted by atomic mass is 16.6. The van der Waals surface area contributed by atoms with Crippen molar-refractivity contribution in [2.24, 2.45) is 5.73 Å². The lowest BCUT2D eigenvalue weighted by atomic mass is 10.2. The first-order valence-electron chi connectivity index (χ1n) is 4.40. The molecule has 0 aliphatic carbocycles. The lowest BCUT2D eigenvalue weighted by Crippen LogP contribution is -2.29. The van der Waals surface area contributed by atoms with Crippen molar-refractivity contribution < 1.29 is 19.4 Å². The van der Waals surface area contributed by atoms with Crippen LogP contribution in [-0.4, -0.2) is 43.0 Å². The zero-order valence-electron chi connectivity index (χ0n) is 7.44. The molecule has 1 rings (SSSR count). The van der Waals surface area contributed by atoms with Gasteiger partial charge < -0.3 is 20.3 Å². The number of carbonyl (C=O) groups excluding carboxylic acids is 1. The maximum atomic E-state index is 11.1. The molecule has 0 aromatic heterocycles. The summed E-state index contributed by atoms with van der Waals surface area (Å²) in [5, 5.41) is 9.18. The second-order valence-corrected chi connectivity index (χ2v) is 3.02. The quantitative estimate of drug-likeness (QED) is 0.556. The largest absolute Gasteiger partial charge is 0.458 e. The lowest BCUT2D eigenvalue weighted by molar-refractivity contribution is -0.159. The Kier molecular flexibility index (Phi) is 4.14. The number of hydrogen-bond acceptors (Lipinski definition) is 5. The SMILES string of the molecule is NCC[C@H](O)C(=O)OC1CCOC1. The summed E-state index contributed by atoms with van der Waals surface area (Å²) < 4.78 is 9.97. The van der Waals surface area contributed by atoms with Crippen molar-refractivity contribution in [2.45, 2.75) is 25.0 Å². The smallest absolute Gasteiger partial charge is 0.335 e. The molecule has 0 spiro atoms. The summed E-state index contributed by atoms with van der Waals surface area (Å²) in [5.41, 5.74) is 5.18. The Bertz CT molecular complexity index is 168. The van der Waals surface area contributed by atoms with Crippen molar-refractivity contribution in [3.63, 3.8) is 0 Å². The van der Waals surface area contributed by atoms with Crippen LogP contribution in [0, 0.1) is 0 Å². The molecule has 5 nitrogen and oxygen atoms in total. The zero-order valence-corrected chi connectivity index (χ0v) is 7.44. The van der Waals surface area contributed by atoms with E-state index in [1.807, 2.05) is 0 Å². The van der Waals surface area contributed by atoms with E-state index in [2.05, 4.69) is 0 Å². The van der Waals surface area contributed by atoms with Gasteiger partial charge in [-0.2, -0.15) is 0 Å². The summed E-state index contributed by atoms with van der Waals surface area (Å²) in [6.07, 6.45) is -0.335. The van der Waals surface area contributed by atoms with Crippen LogP contribution in [0.4, 0.5) is 0 Å². The average Bonchev–Trinajstić information content (AvgIpc) is 2.57. The molecule has 0 aromatic carbocycles. The van der Waals surface area contributed by atoms with Gasteiger partial charge in [0.1, 0.15) is 6.10 Å². The fourth-order valence-electron chi connectivity index (χ4n) is 1.12. The van der Waals surface area contributed by atoms with Crippen LogP contribution in [0.25, 0.3) is 0 Å². The maximum Gasteiger partial charge on any atom is 0.335 e. The van der Waals surface area contributed by atoms with Gasteiger partial charge in [-0.05, 0) is 13.0 Å². The molecule has 1 saturated heterocycles. The van der Waals surface area contributed by atoms with E-state index in [9.17, 15) is 9.90 Å². The second-order valence-electron chi connectivity index (χ2n) is 3.02. The third kappa shape index (κ3) is 3.30. The molecule has 1 fully saturated rings. The normalized spacial score (nSPS) is 24.3. The minimum Gasteiger partial charge on any atom is -0.458 e. The molecule has 0 saturated carbocycles. The van der Waals surface area contributed by atoms with E-state index in [-0.39, 0.29) is 19.1 Å². The zero-order chi connectivity index (χ0) is 9.68. The van der Waals surface area contributed by atoms with E-state index in [4.69, 9.17) is 15.2 Å². The van der Waals surface area contributed by atoms with Crippen LogP contribution >= 0.6 is 0 Å². The van der Waals surface area contributed by atoms with Crippen LogP contribution in [-0.2, 0) is 14.3 Å². The van der Waals surface area contributed by atoms with Gasteiger partial charge in [0.2, 0.25) is 0 Å². The summed E-state index contributed by atoms with van der Waals surface area (Å²) in [4.78, 5) is 11.1. The minimum atomic E-state index is -1.09. The third-order valence-electron chi connectivity index (χ3n) is 1.88. The number of ether oxygens (including phenoxy) is 2. The fourth-order valence-corrected chi connectivity index (χ4v) is 1.12. The molecular formula is C8H15NO4. The van der Waals surface area contributed by atoms with Gasteiger partial charge in [0, 0.05) is 6.42 Å². The molecule has 1 heterocycles. The first-order chi connectivity index (χ1) is 6.24. The van der Waals surface area contributed by atoms with Crippen molar-refractivity contribution in [3.8, 4) is 0 Å². The average molecular weight is 189 g/mol. The Morgan fingerprint density at radius 1 is 1.77 bits per heavy atom. The maximum absolute atomic E-state index is 11.1. The van der Waals surface area contributed by atoms with E-state index < -0.39 is 12.1 Å². The lowest BCUT2D eigenvalue weighted by Gasteiger charge is -2.13. The van der Waals surface area contributed by atoms with E-state index in [1.54, 1.807) is 0 Å². The molecule has 76 valence electrons. The molecule has 0 aromatic rings. The highest BCUT2D eigenvalue weighted by molar-refractivity contribution is 5.74. The Labute approximate surface area is 76.8 Å². The van der Waals surface area contributed by atoms with Crippen LogP contribution < -0.4 is 5.73 Å². The first-order valence-corrected chi connectivity index (χ1v) is 4.40. The van der Waals surface area contributed by atoms with Crippen molar-refractivity contribution in [1.29, 1.82) is 0 Å². The molecule has 1 unspecified atom stereocenters. The molecule has 1 aliphatic rings. The van der Waals surface area contributed by atoms with Crippen LogP contribution in [0.15, 0.2) is 0 Å². The number of aliphatic hydroxyl groups excluding tert-OH is 1. The predicted octanol–water partition coefficient (Wildman–Crippen LogP) is -0.972. The summed E-state index contributed by atoms with van der Waals surface area (Å²) in [6.45, 7) is 1.32. The van der Waals surface area contributed by atoms with E-state index in [0.29, 0.717) is 19.6 Å². The van der Waals surface area contributed by atoms with Gasteiger partial charge in [0.05, 0.1) is 13.2 Å². The highest BCUT2D eigenvalue weighted by Gasteiger charge is 2.23. The molecule has 5 heteroatoms. The summed E-state index contributed by atoms with van der Waals surface area (Å²) in [7, 11) is 0. The van der Waals surface area contributed by atoms with Gasteiger partial charge in [0.25, 0.3) is 0 Å². The standard InChI is InChI=1S/C8H15NO4/c9-3-1-7(10)8(11)13-6-2-4-12-5-6/h6-7,10H,1-5,9H2/t6?,7-/m0/s1. The van der Waals surface area contributed by atoms with E-state index in [0.717, 1.165) is 0 Å². The number of aliphatic hydroxyl groups is 1. The molecule has 3 N–H and O–H groups in total. The van der Waals surface area contributed by atoms with Crippen molar-refractivity contribution in [3.05, 3.63) is 0 Å². The summed E-state index contributed by atoms with van der Waals surface area (Å²) in [5.74, 6) is -0.596. The number of nitrogens with two attached hydrogens (primary N) is 1. The van der Waals surface area contributed by atoms with Gasteiger partial charge in [-0.1, -0.05) is 0 Å². The van der Waals surface area contributed by atoms with Crippen LogP contribution in [0.3, 0.4) is 0 Å². The predicted molar refractivity (Wildman–Crippen MR) is 45.0 cm³/mol. The Morgan fingerprint density at radius 3 is 3.08 bits per heavy atom. The Morgan fingerprint density at radius 2 is 2.54 bits per heavy atom. The second kappa shape index (κ2) is 5.16. The molecule has 0 amide bonds. The van der Waals surface area contributed by atoms with E-state index >= 15 is 0 Å². The van der Waals surface area contributed by atoms with Crippen molar-refractivity contribution >= 4 is 5.97 Å². The van der Waals surface area contributed by atoms with Gasteiger partial charge in [-0.3, -0.25) is 0 Å². The van der Waals surface area contributed by atoms with Gasteiger partial charge in [-0.15, -0.1) is 0 Å². The van der Waals surface area contributed by atoms with Crippen molar-refractivity contribution in [1.82, 2.24) is 0 Å². The molecule has 2 atom stereocenters. The van der Waals surface area contributed by atoms with E-state index in [1.165, 1.54) is 0 Å². The third-order valence-corrected chi connectivity index (χ3v) is 1.88. The number of carbonyl (C=O) groups is 1. The Hall–Kier alpha value is -0.650. The monoisotopic (exact) mass is 189 g/mol. The fraction of sp³-hybridized carbons (Fsp3) is 0.875. The molecule has 13 heavy (non-hydrogen) atoms. The first kappa shape index (κ1) is 10.4. The molecule has 1 aliphatic heterocycles. The molecule has 0 bridgehead atoms. The number of rotatable bonds is 4. The molecule has 0 radical (unpaired) electrons. The van der Waals surface area contributed by atoms with Gasteiger partial charge >= 0.3 is 5.97 Å². The van der Waals surface area contributed by atoms with Crippen molar-refractivity contribution in [2.75, 3.05) is 19.8 Å². The number of esters is 1. The Balaban J connectivity index is 2.22. The van der Waals surface area contributed by atoms with Crippen LogP contribution in [0.5, 0.6) is 0 Å².